The second-order valence-electron chi connectivity index (χ2n) is 11.7. The third-order valence-corrected chi connectivity index (χ3v) is 8.29. The summed E-state index contributed by atoms with van der Waals surface area (Å²) in [5.74, 6) is 0.214. The van der Waals surface area contributed by atoms with E-state index in [1.165, 1.54) is 0 Å². The van der Waals surface area contributed by atoms with E-state index in [0.717, 1.165) is 56.5 Å². The van der Waals surface area contributed by atoms with Crippen molar-refractivity contribution in [2.45, 2.75) is 34.1 Å². The Morgan fingerprint density at radius 3 is 1.33 bits per heavy atom. The van der Waals surface area contributed by atoms with E-state index in [-0.39, 0.29) is 11.6 Å². The number of carboxylic acid groups (broad SMARTS) is 1. The lowest BCUT2D eigenvalue weighted by molar-refractivity contribution is -0.139. The van der Waals surface area contributed by atoms with Crippen LogP contribution in [0.1, 0.15) is 64.6 Å². The van der Waals surface area contributed by atoms with Gasteiger partial charge >= 0.3 is 5.97 Å². The number of carboxylic acids is 1. The van der Waals surface area contributed by atoms with Crippen LogP contribution in [-0.2, 0) is 4.79 Å². The topological polar surface area (TPSA) is 89.9 Å². The fourth-order valence-electron chi connectivity index (χ4n) is 5.56. The fraction of sp³-hybridized carbons (Fsp3) is 0.167. The minimum Gasteiger partial charge on any atom is -0.489 e. The van der Waals surface area contributed by atoms with Gasteiger partial charge < -0.3 is 14.6 Å². The summed E-state index contributed by atoms with van der Waals surface area (Å²) >= 11 is 0. The largest absolute Gasteiger partial charge is 0.489 e. The van der Waals surface area contributed by atoms with Crippen LogP contribution in [-0.4, -0.2) is 35.9 Å². The van der Waals surface area contributed by atoms with E-state index in [9.17, 15) is 14.4 Å². The second-order valence-corrected chi connectivity index (χ2v) is 11.7. The van der Waals surface area contributed by atoms with Gasteiger partial charge in [-0.25, -0.2) is 4.79 Å². The first-order chi connectivity index (χ1) is 23.1. The zero-order chi connectivity index (χ0) is 34.2. The Hall–Kier alpha value is -5.75. The zero-order valence-corrected chi connectivity index (χ0v) is 27.6. The monoisotopic (exact) mass is 638 g/mol. The highest BCUT2D eigenvalue weighted by Gasteiger charge is 2.14. The van der Waals surface area contributed by atoms with Crippen LogP contribution in [0, 0.1) is 6.92 Å². The summed E-state index contributed by atoms with van der Waals surface area (Å²) in [6, 6.07) is 37.5. The Balaban J connectivity index is 1.48. The quantitative estimate of drug-likeness (QED) is 0.129. The van der Waals surface area contributed by atoms with Gasteiger partial charge in [0.2, 0.25) is 0 Å². The van der Waals surface area contributed by atoms with Gasteiger partial charge in [0.1, 0.15) is 18.1 Å². The van der Waals surface area contributed by atoms with Crippen molar-refractivity contribution in [3.05, 3.63) is 149 Å². The van der Waals surface area contributed by atoms with Crippen LogP contribution in [0.2, 0.25) is 0 Å². The summed E-state index contributed by atoms with van der Waals surface area (Å²) in [4.78, 5) is 34.4. The van der Waals surface area contributed by atoms with E-state index in [2.05, 4.69) is 55.5 Å². The molecule has 6 nitrogen and oxygen atoms in total. The molecule has 48 heavy (non-hydrogen) atoms. The van der Waals surface area contributed by atoms with Crippen molar-refractivity contribution in [1.82, 2.24) is 0 Å². The number of hydrogen-bond donors (Lipinski definition) is 1. The van der Waals surface area contributed by atoms with E-state index in [1.807, 2.05) is 61.5 Å². The van der Waals surface area contributed by atoms with Gasteiger partial charge in [0.15, 0.2) is 18.2 Å². The Kier molecular flexibility index (Phi) is 10.7. The number of carbonyl (C=O) groups is 3. The van der Waals surface area contributed by atoms with E-state index in [0.29, 0.717) is 29.2 Å². The Morgan fingerprint density at radius 1 is 0.562 bits per heavy atom. The standard InChI is InChI=1S/C42H38O6/c1-5-30(25-47-39-22-23-40(27(2)24-39)48-26-41(45)46)42(37-18-14-35(15-19-37)33-10-6-31(7-11-33)28(3)43)38-20-16-36(17-21-38)34-12-8-32(9-13-34)29(4)44/h6-24H,5,25-26H2,1-4H3,(H,45,46). The summed E-state index contributed by atoms with van der Waals surface area (Å²) < 4.78 is 11.7. The molecule has 0 spiro atoms. The predicted octanol–water partition coefficient (Wildman–Crippen LogP) is 9.49. The maximum atomic E-state index is 11.8. The first-order valence-electron chi connectivity index (χ1n) is 15.9. The van der Waals surface area contributed by atoms with Crippen LogP contribution in [0.5, 0.6) is 11.5 Å². The lowest BCUT2D eigenvalue weighted by Gasteiger charge is -2.18. The van der Waals surface area contributed by atoms with Crippen molar-refractivity contribution in [3.8, 4) is 33.8 Å². The van der Waals surface area contributed by atoms with Gasteiger partial charge in [0.25, 0.3) is 0 Å². The average Bonchev–Trinajstić information content (AvgIpc) is 3.10. The number of aryl methyl sites for hydroxylation is 1. The lowest BCUT2D eigenvalue weighted by Crippen LogP contribution is -2.10. The maximum Gasteiger partial charge on any atom is 0.341 e. The van der Waals surface area contributed by atoms with E-state index in [4.69, 9.17) is 14.6 Å². The molecule has 0 unspecified atom stereocenters. The molecule has 0 aliphatic rings. The van der Waals surface area contributed by atoms with Crippen molar-refractivity contribution < 1.29 is 29.0 Å². The average molecular weight is 639 g/mol. The molecule has 0 saturated carbocycles. The van der Waals surface area contributed by atoms with E-state index >= 15 is 0 Å². The molecule has 5 aromatic rings. The van der Waals surface area contributed by atoms with Gasteiger partial charge in [-0.15, -0.1) is 0 Å². The van der Waals surface area contributed by atoms with Crippen LogP contribution in [0.4, 0.5) is 0 Å². The minimum absolute atomic E-state index is 0.0395. The zero-order valence-electron chi connectivity index (χ0n) is 27.6. The summed E-state index contributed by atoms with van der Waals surface area (Å²) in [5, 5.41) is 8.96. The van der Waals surface area contributed by atoms with Gasteiger partial charge in [-0.2, -0.15) is 0 Å². The highest BCUT2D eigenvalue weighted by molar-refractivity contribution is 5.95. The number of carbonyl (C=O) groups excluding carboxylic acids is 2. The van der Waals surface area contributed by atoms with Crippen molar-refractivity contribution in [3.63, 3.8) is 0 Å². The first-order valence-corrected chi connectivity index (χ1v) is 15.9. The van der Waals surface area contributed by atoms with Crippen LogP contribution in [0.25, 0.3) is 27.8 Å². The molecule has 0 aliphatic heterocycles. The highest BCUT2D eigenvalue weighted by atomic mass is 16.5. The molecule has 5 rings (SSSR count). The Morgan fingerprint density at radius 2 is 0.979 bits per heavy atom. The van der Waals surface area contributed by atoms with Crippen molar-refractivity contribution in [2.75, 3.05) is 13.2 Å². The molecule has 0 heterocycles. The number of rotatable bonds is 13. The molecule has 0 fully saturated rings. The smallest absolute Gasteiger partial charge is 0.341 e. The Labute approximate surface area is 281 Å². The third-order valence-electron chi connectivity index (χ3n) is 8.29. The molecular formula is C42H38O6. The number of benzene rings is 5. The second kappa shape index (κ2) is 15.2. The third kappa shape index (κ3) is 8.15. The van der Waals surface area contributed by atoms with Gasteiger partial charge in [-0.1, -0.05) is 104 Å². The predicted molar refractivity (Wildman–Crippen MR) is 190 cm³/mol. The van der Waals surface area contributed by atoms with Crippen LogP contribution in [0.15, 0.2) is 121 Å². The van der Waals surface area contributed by atoms with Crippen LogP contribution >= 0.6 is 0 Å². The molecule has 0 atom stereocenters. The van der Waals surface area contributed by atoms with Gasteiger partial charge in [0, 0.05) is 11.1 Å². The van der Waals surface area contributed by atoms with E-state index < -0.39 is 12.6 Å². The maximum absolute atomic E-state index is 11.8. The van der Waals surface area contributed by atoms with Crippen molar-refractivity contribution in [2.24, 2.45) is 0 Å². The summed E-state index contributed by atoms with van der Waals surface area (Å²) in [6.45, 7) is 7.05. The molecule has 242 valence electrons. The van der Waals surface area contributed by atoms with Crippen molar-refractivity contribution in [1.29, 1.82) is 0 Å². The molecule has 1 N–H and O–H groups in total. The molecule has 0 aliphatic carbocycles. The van der Waals surface area contributed by atoms with Gasteiger partial charge in [-0.05, 0) is 95.5 Å². The number of hydrogen-bond acceptors (Lipinski definition) is 5. The highest BCUT2D eigenvalue weighted by Crippen LogP contribution is 2.33. The normalized spacial score (nSPS) is 10.7. The Bertz CT molecular complexity index is 1850. The van der Waals surface area contributed by atoms with Crippen LogP contribution < -0.4 is 9.47 Å². The number of aliphatic carboxylic acids is 1. The lowest BCUT2D eigenvalue weighted by atomic mass is 9.89. The molecule has 0 aromatic heterocycles. The first kappa shape index (κ1) is 33.6. The number of ketones is 2. The van der Waals surface area contributed by atoms with Crippen LogP contribution in [0.3, 0.4) is 0 Å². The van der Waals surface area contributed by atoms with Gasteiger partial charge in [-0.3, -0.25) is 9.59 Å². The molecule has 0 amide bonds. The van der Waals surface area contributed by atoms with Crippen molar-refractivity contribution >= 4 is 23.1 Å². The molecular weight excluding hydrogens is 600 g/mol. The fourth-order valence-corrected chi connectivity index (χ4v) is 5.56. The summed E-state index contributed by atoms with van der Waals surface area (Å²) in [5.41, 5.74) is 10.6. The number of ether oxygens (including phenoxy) is 2. The molecule has 0 bridgehead atoms. The number of Topliss-reactive ketones (excluding diaryl/α,β-unsaturated/α-hetero) is 2. The molecule has 0 saturated heterocycles. The summed E-state index contributed by atoms with van der Waals surface area (Å²) in [6.07, 6.45) is 0.747. The molecule has 5 aromatic carbocycles. The SMILES string of the molecule is CCC(COc1ccc(OCC(=O)O)c(C)c1)=C(c1ccc(-c2ccc(C(C)=O)cc2)cc1)c1ccc(-c2ccc(C(C)=O)cc2)cc1. The molecule has 0 radical (unpaired) electrons. The van der Waals surface area contributed by atoms with E-state index in [1.54, 1.807) is 26.0 Å². The van der Waals surface area contributed by atoms with Gasteiger partial charge in [0.05, 0.1) is 0 Å². The minimum atomic E-state index is -1.03. The molecule has 6 heteroatoms. The summed E-state index contributed by atoms with van der Waals surface area (Å²) in [7, 11) is 0.